The lowest BCUT2D eigenvalue weighted by atomic mass is 10.0. The van der Waals surface area contributed by atoms with Crippen LogP contribution in [0.25, 0.3) is 0 Å². The molecular weight excluding hydrogens is 311 g/mol. The lowest BCUT2D eigenvalue weighted by Crippen LogP contribution is -2.53. The van der Waals surface area contributed by atoms with E-state index in [0.717, 1.165) is 12.1 Å². The zero-order valence-electron chi connectivity index (χ0n) is 13.8. The fourth-order valence-electron chi connectivity index (χ4n) is 2.99. The van der Waals surface area contributed by atoms with Gasteiger partial charge in [-0.05, 0) is 42.0 Å². The molecule has 0 bridgehead atoms. The fraction of sp³-hybridized carbons (Fsp3) is 0.500. The summed E-state index contributed by atoms with van der Waals surface area (Å²) in [5.41, 5.74) is 0.868. The number of halogens is 1. The fourth-order valence-corrected chi connectivity index (χ4v) is 2.99. The van der Waals surface area contributed by atoms with E-state index in [1.807, 2.05) is 4.90 Å². The molecule has 7 nitrogen and oxygen atoms in total. The van der Waals surface area contributed by atoms with Gasteiger partial charge in [0.1, 0.15) is 17.7 Å². The highest BCUT2D eigenvalue weighted by Gasteiger charge is 2.30. The minimum absolute atomic E-state index is 0.0110. The van der Waals surface area contributed by atoms with Gasteiger partial charge in [0.2, 0.25) is 5.91 Å². The van der Waals surface area contributed by atoms with E-state index in [1.165, 1.54) is 12.1 Å². The average Bonchev–Trinajstić information content (AvgIpc) is 2.99. The molecule has 1 aliphatic heterocycles. The molecule has 1 saturated heterocycles. The predicted octanol–water partition coefficient (Wildman–Crippen LogP) is 0.725. The molecule has 0 radical (unpaired) electrons. The predicted molar refractivity (Wildman–Crippen MR) is 85.7 cm³/mol. The third kappa shape index (κ3) is 3.59. The van der Waals surface area contributed by atoms with Crippen molar-refractivity contribution in [3.8, 4) is 0 Å². The number of rotatable bonds is 4. The van der Waals surface area contributed by atoms with E-state index in [4.69, 9.17) is 0 Å². The second kappa shape index (κ2) is 7.04. The number of carbonyl (C=O) groups excluding carboxylic acids is 1. The number of hydrogen-bond acceptors (Lipinski definition) is 5. The van der Waals surface area contributed by atoms with Crippen molar-refractivity contribution in [2.75, 3.05) is 19.6 Å². The lowest BCUT2D eigenvalue weighted by molar-refractivity contribution is -0.136. The van der Waals surface area contributed by atoms with Gasteiger partial charge in [-0.3, -0.25) is 4.79 Å². The molecule has 1 aliphatic rings. The summed E-state index contributed by atoms with van der Waals surface area (Å²) in [6.07, 6.45) is 0.420. The van der Waals surface area contributed by atoms with Crippen molar-refractivity contribution in [1.82, 2.24) is 30.4 Å². The number of tetrazole rings is 1. The molecule has 0 saturated carbocycles. The average molecular weight is 332 g/mol. The van der Waals surface area contributed by atoms with Crippen molar-refractivity contribution >= 4 is 5.91 Å². The Labute approximate surface area is 139 Å². The quantitative estimate of drug-likeness (QED) is 0.893. The van der Waals surface area contributed by atoms with Crippen molar-refractivity contribution < 1.29 is 9.18 Å². The van der Waals surface area contributed by atoms with Crippen LogP contribution in [0.3, 0.4) is 0 Å². The smallest absolute Gasteiger partial charge is 0.248 e. The maximum atomic E-state index is 13.1. The Bertz CT molecular complexity index is 701. The Hall–Kier alpha value is -2.35. The number of aryl methyl sites for hydroxylation is 1. The first kappa shape index (κ1) is 16.5. The molecule has 1 aromatic carbocycles. The van der Waals surface area contributed by atoms with E-state index in [2.05, 4.69) is 27.8 Å². The second-order valence-electron chi connectivity index (χ2n) is 6.16. The Kier molecular flexibility index (Phi) is 4.84. The van der Waals surface area contributed by atoms with Gasteiger partial charge in [-0.2, -0.15) is 0 Å². The maximum Gasteiger partial charge on any atom is 0.248 e. The van der Waals surface area contributed by atoms with E-state index in [9.17, 15) is 9.18 Å². The molecule has 1 N–H and O–H groups in total. The summed E-state index contributed by atoms with van der Waals surface area (Å²) in [6, 6.07) is 5.90. The Morgan fingerprint density at radius 3 is 2.79 bits per heavy atom. The molecule has 24 heavy (non-hydrogen) atoms. The molecule has 1 amide bonds. The van der Waals surface area contributed by atoms with Gasteiger partial charge in [-0.15, -0.1) is 5.10 Å². The molecule has 1 fully saturated rings. The van der Waals surface area contributed by atoms with E-state index < -0.39 is 6.04 Å². The van der Waals surface area contributed by atoms with Gasteiger partial charge in [0.15, 0.2) is 0 Å². The van der Waals surface area contributed by atoms with E-state index in [0.29, 0.717) is 25.3 Å². The van der Waals surface area contributed by atoms with Crippen LogP contribution in [-0.4, -0.2) is 56.7 Å². The molecule has 1 aromatic heterocycles. The summed E-state index contributed by atoms with van der Waals surface area (Å²) in [4.78, 5) is 14.9. The van der Waals surface area contributed by atoms with Crippen LogP contribution in [0.1, 0.15) is 24.4 Å². The number of aromatic nitrogens is 4. The molecule has 2 unspecified atom stereocenters. The van der Waals surface area contributed by atoms with Crippen LogP contribution in [0, 0.1) is 12.7 Å². The highest BCUT2D eigenvalue weighted by Crippen LogP contribution is 2.19. The summed E-state index contributed by atoms with van der Waals surface area (Å²) in [7, 11) is 0. The molecule has 2 aromatic rings. The summed E-state index contributed by atoms with van der Waals surface area (Å²) >= 11 is 0. The number of piperazine rings is 1. The van der Waals surface area contributed by atoms with Gasteiger partial charge in [0.05, 0.1) is 0 Å². The molecule has 2 atom stereocenters. The van der Waals surface area contributed by atoms with Crippen LogP contribution < -0.4 is 5.32 Å². The zero-order valence-corrected chi connectivity index (χ0v) is 13.8. The van der Waals surface area contributed by atoms with E-state index in [-0.39, 0.29) is 17.8 Å². The largest absolute Gasteiger partial charge is 0.338 e. The van der Waals surface area contributed by atoms with Crippen molar-refractivity contribution in [3.63, 3.8) is 0 Å². The van der Waals surface area contributed by atoms with Crippen molar-refractivity contribution in [3.05, 3.63) is 41.5 Å². The molecular formula is C16H21FN6O. The summed E-state index contributed by atoms with van der Waals surface area (Å²) in [6.45, 7) is 5.90. The standard InChI is InChI=1S/C16H21FN6O/c1-11-10-22(8-7-18-11)16(24)15(23-12(2)19-20-21-23)9-13-3-5-14(17)6-4-13/h3-6,11,15,18H,7-10H2,1-2H3. The minimum Gasteiger partial charge on any atom is -0.338 e. The molecule has 3 rings (SSSR count). The van der Waals surface area contributed by atoms with Crippen LogP contribution in [0.2, 0.25) is 0 Å². The number of hydrogen-bond donors (Lipinski definition) is 1. The van der Waals surface area contributed by atoms with Crippen LogP contribution in [0.15, 0.2) is 24.3 Å². The zero-order chi connectivity index (χ0) is 17.1. The van der Waals surface area contributed by atoms with Gasteiger partial charge in [-0.25, -0.2) is 9.07 Å². The maximum absolute atomic E-state index is 13.1. The number of nitrogens with zero attached hydrogens (tertiary/aromatic N) is 5. The van der Waals surface area contributed by atoms with Gasteiger partial charge in [0.25, 0.3) is 0 Å². The monoisotopic (exact) mass is 332 g/mol. The molecule has 8 heteroatoms. The van der Waals surface area contributed by atoms with Crippen LogP contribution in [-0.2, 0) is 11.2 Å². The second-order valence-corrected chi connectivity index (χ2v) is 6.16. The number of benzene rings is 1. The Morgan fingerprint density at radius 1 is 1.42 bits per heavy atom. The van der Waals surface area contributed by atoms with E-state index in [1.54, 1.807) is 23.7 Å². The first-order valence-electron chi connectivity index (χ1n) is 8.05. The third-order valence-electron chi connectivity index (χ3n) is 4.26. The van der Waals surface area contributed by atoms with Crippen molar-refractivity contribution in [2.45, 2.75) is 32.4 Å². The molecule has 0 aliphatic carbocycles. The van der Waals surface area contributed by atoms with Crippen LogP contribution in [0.4, 0.5) is 4.39 Å². The topological polar surface area (TPSA) is 75.9 Å². The first-order valence-corrected chi connectivity index (χ1v) is 8.05. The summed E-state index contributed by atoms with van der Waals surface area (Å²) < 4.78 is 14.7. The highest BCUT2D eigenvalue weighted by atomic mass is 19.1. The third-order valence-corrected chi connectivity index (χ3v) is 4.26. The van der Waals surface area contributed by atoms with Crippen LogP contribution >= 0.6 is 0 Å². The van der Waals surface area contributed by atoms with Gasteiger partial charge < -0.3 is 10.2 Å². The first-order chi connectivity index (χ1) is 11.5. The number of nitrogens with one attached hydrogen (secondary N) is 1. The highest BCUT2D eigenvalue weighted by molar-refractivity contribution is 5.81. The van der Waals surface area contributed by atoms with Crippen LogP contribution in [0.5, 0.6) is 0 Å². The molecule has 2 heterocycles. The van der Waals surface area contributed by atoms with Crippen molar-refractivity contribution in [1.29, 1.82) is 0 Å². The van der Waals surface area contributed by atoms with Gasteiger partial charge in [0, 0.05) is 32.1 Å². The SMILES string of the molecule is Cc1nnnn1C(Cc1ccc(F)cc1)C(=O)N1CCNC(C)C1. The summed E-state index contributed by atoms with van der Waals surface area (Å²) in [5, 5.41) is 14.9. The van der Waals surface area contributed by atoms with Gasteiger partial charge in [-0.1, -0.05) is 12.1 Å². The minimum atomic E-state index is -0.532. The molecule has 128 valence electrons. The van der Waals surface area contributed by atoms with Gasteiger partial charge >= 0.3 is 0 Å². The number of amides is 1. The molecule has 0 spiro atoms. The summed E-state index contributed by atoms with van der Waals surface area (Å²) in [5.74, 6) is 0.276. The lowest BCUT2D eigenvalue weighted by Gasteiger charge is -2.34. The van der Waals surface area contributed by atoms with E-state index >= 15 is 0 Å². The van der Waals surface area contributed by atoms with Crippen molar-refractivity contribution in [2.24, 2.45) is 0 Å². The normalized spacial score (nSPS) is 19.3. The Balaban J connectivity index is 1.85. The number of carbonyl (C=O) groups is 1. The Morgan fingerprint density at radius 2 is 2.17 bits per heavy atom.